The van der Waals surface area contributed by atoms with E-state index in [1.807, 2.05) is 32.9 Å². The van der Waals surface area contributed by atoms with E-state index < -0.39 is 17.8 Å². The average Bonchev–Trinajstić information content (AvgIpc) is 2.88. The average molecular weight is 546 g/mol. The molecule has 1 fully saturated rings. The van der Waals surface area contributed by atoms with Crippen LogP contribution >= 0.6 is 11.8 Å². The van der Waals surface area contributed by atoms with Crippen molar-refractivity contribution in [2.45, 2.75) is 39.4 Å². The molecule has 2 aliphatic rings. The molecule has 0 bridgehead atoms. The molecule has 2 heterocycles. The van der Waals surface area contributed by atoms with Crippen LogP contribution < -0.4 is 10.6 Å². The second-order valence-corrected chi connectivity index (χ2v) is 10.0. The predicted molar refractivity (Wildman–Crippen MR) is 145 cm³/mol. The van der Waals surface area contributed by atoms with Crippen LogP contribution in [0.4, 0.5) is 29.3 Å². The summed E-state index contributed by atoms with van der Waals surface area (Å²) < 4.78 is 38.4. The molecule has 7 nitrogen and oxygen atoms in total. The summed E-state index contributed by atoms with van der Waals surface area (Å²) >= 11 is 1.67. The molecule has 11 heteroatoms. The van der Waals surface area contributed by atoms with Crippen molar-refractivity contribution in [3.63, 3.8) is 0 Å². The van der Waals surface area contributed by atoms with Gasteiger partial charge in [-0.3, -0.25) is 4.79 Å². The molecule has 38 heavy (non-hydrogen) atoms. The topological polar surface area (TPSA) is 77.0 Å². The zero-order valence-corrected chi connectivity index (χ0v) is 22.2. The van der Waals surface area contributed by atoms with Gasteiger partial charge in [-0.05, 0) is 69.2 Å². The maximum Gasteiger partial charge on any atom is 0.416 e. The lowest BCUT2D eigenvalue weighted by Crippen LogP contribution is -2.45. The number of anilines is 2. The van der Waals surface area contributed by atoms with Crippen LogP contribution in [0.15, 0.2) is 64.8 Å². The summed E-state index contributed by atoms with van der Waals surface area (Å²) in [7, 11) is 0. The molecule has 202 valence electrons. The smallest absolute Gasteiger partial charge is 0.340 e. The molecule has 0 saturated carbocycles. The number of hydrogen-bond acceptors (Lipinski definition) is 5. The molecule has 2 N–H and O–H groups in total. The Balaban J connectivity index is 1.59. The summed E-state index contributed by atoms with van der Waals surface area (Å²) in [5.41, 5.74) is 2.07. The molecule has 2 aromatic carbocycles. The van der Waals surface area contributed by atoms with Gasteiger partial charge in [-0.2, -0.15) is 13.2 Å². The van der Waals surface area contributed by atoms with E-state index >= 15 is 0 Å². The van der Waals surface area contributed by atoms with Crippen LogP contribution in [-0.4, -0.2) is 52.3 Å². The number of amidine groups is 1. The number of fused-ring (bicyclic) bond motifs is 1. The fraction of sp³-hybridized carbons (Fsp3) is 0.370. The summed E-state index contributed by atoms with van der Waals surface area (Å²) in [4.78, 5) is 34.9. The first kappa shape index (κ1) is 27.6. The molecule has 0 unspecified atom stereocenters. The van der Waals surface area contributed by atoms with Gasteiger partial charge in [-0.1, -0.05) is 23.9 Å². The van der Waals surface area contributed by atoms with Crippen molar-refractivity contribution in [2.24, 2.45) is 4.99 Å². The molecule has 0 aliphatic carbocycles. The number of rotatable bonds is 6. The van der Waals surface area contributed by atoms with E-state index in [4.69, 9.17) is 4.99 Å². The highest BCUT2D eigenvalue weighted by Crippen LogP contribution is 2.40. The van der Waals surface area contributed by atoms with E-state index in [1.54, 1.807) is 28.8 Å². The number of thioether (sulfide) groups is 1. The van der Waals surface area contributed by atoms with E-state index in [2.05, 4.69) is 15.5 Å². The number of carbonyl (C=O) groups excluding carboxylic acids is 2. The first-order valence-corrected chi connectivity index (χ1v) is 13.4. The number of urea groups is 1. The van der Waals surface area contributed by atoms with Crippen molar-refractivity contribution < 1.29 is 22.8 Å². The highest BCUT2D eigenvalue weighted by Gasteiger charge is 2.38. The summed E-state index contributed by atoms with van der Waals surface area (Å²) in [5, 5.41) is 6.19. The Morgan fingerprint density at radius 2 is 1.76 bits per heavy atom. The largest absolute Gasteiger partial charge is 0.416 e. The van der Waals surface area contributed by atoms with Crippen molar-refractivity contribution in [1.82, 2.24) is 9.80 Å². The van der Waals surface area contributed by atoms with E-state index in [0.717, 1.165) is 41.6 Å². The molecular formula is C27H30F3N5O2S. The molecule has 4 rings (SSSR count). The molecule has 0 spiro atoms. The number of likely N-dealkylation sites (N-methyl/N-ethyl adjacent to an activating group) is 1. The second-order valence-electron chi connectivity index (χ2n) is 8.95. The summed E-state index contributed by atoms with van der Waals surface area (Å²) in [6.45, 7) is 7.67. The molecule has 1 saturated heterocycles. The fourth-order valence-corrected chi connectivity index (χ4v) is 5.61. The number of alkyl halides is 3. The zero-order chi connectivity index (χ0) is 27.4. The first-order valence-electron chi connectivity index (χ1n) is 12.5. The van der Waals surface area contributed by atoms with Gasteiger partial charge in [0.2, 0.25) is 0 Å². The third kappa shape index (κ3) is 5.98. The van der Waals surface area contributed by atoms with Crippen LogP contribution in [0.2, 0.25) is 0 Å². The van der Waals surface area contributed by atoms with Gasteiger partial charge in [0, 0.05) is 36.8 Å². The Labute approximate surface area is 224 Å². The van der Waals surface area contributed by atoms with E-state index in [1.165, 1.54) is 12.1 Å². The van der Waals surface area contributed by atoms with Crippen LogP contribution in [-0.2, 0) is 11.0 Å². The lowest BCUT2D eigenvalue weighted by atomic mass is 9.93. The molecule has 0 radical (unpaired) electrons. The second kappa shape index (κ2) is 11.5. The van der Waals surface area contributed by atoms with Gasteiger partial charge < -0.3 is 20.4 Å². The van der Waals surface area contributed by atoms with Crippen molar-refractivity contribution >= 4 is 40.2 Å². The number of allylic oxidation sites excluding steroid dienone is 1. The van der Waals surface area contributed by atoms with Crippen molar-refractivity contribution in [1.29, 1.82) is 0 Å². The molecule has 3 amide bonds. The standard InChI is InChI=1S/C27H30F3N5O2S/c1-4-34(5-2)24(36)22-17(3)31-26-35(14-7-15-38-26)23(22)18-8-6-9-21(16-18)33-25(37)32-20-12-10-19(11-13-20)27(28,29)30/h6,8-13,16,23H,4-5,7,14-15H2,1-3H3,(H2,32,33,37)/t23-/m1/s1. The van der Waals surface area contributed by atoms with Crippen LogP contribution in [0.1, 0.15) is 44.4 Å². The summed E-state index contributed by atoms with van der Waals surface area (Å²) in [6, 6.07) is 10.6. The van der Waals surface area contributed by atoms with Gasteiger partial charge in [0.15, 0.2) is 5.17 Å². The lowest BCUT2D eigenvalue weighted by molar-refractivity contribution is -0.137. The van der Waals surface area contributed by atoms with Crippen molar-refractivity contribution in [2.75, 3.05) is 36.0 Å². The molecule has 2 aliphatic heterocycles. The minimum atomic E-state index is -4.45. The van der Waals surface area contributed by atoms with E-state index in [-0.39, 0.29) is 17.6 Å². The van der Waals surface area contributed by atoms with Crippen LogP contribution in [0.5, 0.6) is 0 Å². The number of halogens is 3. The Kier molecular flexibility index (Phi) is 8.35. The van der Waals surface area contributed by atoms with E-state index in [0.29, 0.717) is 30.0 Å². The molecule has 0 aromatic heterocycles. The number of benzene rings is 2. The fourth-order valence-electron chi connectivity index (χ4n) is 4.59. The molecule has 2 aromatic rings. The summed E-state index contributed by atoms with van der Waals surface area (Å²) in [5.74, 6) is 0.898. The number of aliphatic imine (C=N–C) groups is 1. The number of carbonyl (C=O) groups is 2. The normalized spacial score (nSPS) is 17.5. The highest BCUT2D eigenvalue weighted by atomic mass is 32.2. The maximum atomic E-state index is 13.6. The predicted octanol–water partition coefficient (Wildman–Crippen LogP) is 6.34. The quantitative estimate of drug-likeness (QED) is 0.444. The Morgan fingerprint density at radius 1 is 1.08 bits per heavy atom. The lowest BCUT2D eigenvalue weighted by Gasteiger charge is -2.41. The van der Waals surface area contributed by atoms with Gasteiger partial charge in [0.1, 0.15) is 0 Å². The Bertz CT molecular complexity index is 1260. The van der Waals surface area contributed by atoms with Gasteiger partial charge in [-0.15, -0.1) is 0 Å². The Morgan fingerprint density at radius 3 is 2.42 bits per heavy atom. The zero-order valence-electron chi connectivity index (χ0n) is 21.4. The Hall–Kier alpha value is -3.47. The maximum absolute atomic E-state index is 13.6. The number of nitrogens with zero attached hydrogens (tertiary/aromatic N) is 3. The van der Waals surface area contributed by atoms with Crippen molar-refractivity contribution in [3.05, 3.63) is 70.9 Å². The highest BCUT2D eigenvalue weighted by molar-refractivity contribution is 8.13. The number of nitrogens with one attached hydrogen (secondary N) is 2. The molecular weight excluding hydrogens is 515 g/mol. The monoisotopic (exact) mass is 545 g/mol. The first-order chi connectivity index (χ1) is 18.1. The van der Waals surface area contributed by atoms with Gasteiger partial charge in [-0.25, -0.2) is 9.79 Å². The van der Waals surface area contributed by atoms with Gasteiger partial charge >= 0.3 is 12.2 Å². The van der Waals surface area contributed by atoms with Crippen LogP contribution in [0, 0.1) is 0 Å². The SMILES string of the molecule is CCN(CC)C(=O)C1=C(C)N=C2SCCCN2[C@@H]1c1cccc(NC(=O)Nc2ccc(C(F)(F)F)cc2)c1. The summed E-state index contributed by atoms with van der Waals surface area (Å²) in [6.07, 6.45) is -3.49. The molecule has 1 atom stereocenters. The van der Waals surface area contributed by atoms with Crippen LogP contribution in [0.25, 0.3) is 0 Å². The third-order valence-electron chi connectivity index (χ3n) is 6.47. The number of hydrogen-bond donors (Lipinski definition) is 2. The third-order valence-corrected chi connectivity index (χ3v) is 7.55. The van der Waals surface area contributed by atoms with Crippen LogP contribution in [0.3, 0.4) is 0 Å². The van der Waals surface area contributed by atoms with E-state index in [9.17, 15) is 22.8 Å². The van der Waals surface area contributed by atoms with Crippen molar-refractivity contribution in [3.8, 4) is 0 Å². The minimum absolute atomic E-state index is 0.0608. The minimum Gasteiger partial charge on any atom is -0.340 e. The van der Waals surface area contributed by atoms with Gasteiger partial charge in [0.05, 0.1) is 22.9 Å². The van der Waals surface area contributed by atoms with Gasteiger partial charge in [0.25, 0.3) is 5.91 Å². The number of amides is 3.